The van der Waals surface area contributed by atoms with Gasteiger partial charge in [-0.05, 0) is 140 Å². The average Bonchev–Trinajstić information content (AvgIpc) is 3.04. The lowest BCUT2D eigenvalue weighted by atomic mass is 9.71. The minimum absolute atomic E-state index is 0.0293. The number of allylic oxidation sites excluding steroid dienone is 1. The Balaban J connectivity index is 1.39. The number of anilines is 1. The van der Waals surface area contributed by atoms with Crippen molar-refractivity contribution < 1.29 is 8.78 Å². The summed E-state index contributed by atoms with van der Waals surface area (Å²) in [6.45, 7) is 20.1. The zero-order valence-electron chi connectivity index (χ0n) is 27.5. The Kier molecular flexibility index (Phi) is 12.1. The molecule has 0 amide bonds. The van der Waals surface area contributed by atoms with Crippen LogP contribution in [0, 0.1) is 11.2 Å². The summed E-state index contributed by atoms with van der Waals surface area (Å²) in [5, 5.41) is 6.38. The number of aliphatic imine (C=N–C) groups is 3. The molecule has 0 unspecified atom stereocenters. The molecule has 2 N–H and O–H groups in total. The molecular formula is C35H50F2N8. The minimum atomic E-state index is -0.713. The van der Waals surface area contributed by atoms with E-state index in [2.05, 4.69) is 80.7 Å². The van der Waals surface area contributed by atoms with E-state index in [0.29, 0.717) is 35.2 Å². The maximum absolute atomic E-state index is 15.2. The monoisotopic (exact) mass is 620 g/mol. The van der Waals surface area contributed by atoms with Gasteiger partial charge >= 0.3 is 0 Å². The smallest absolute Gasteiger partial charge is 0.167 e. The van der Waals surface area contributed by atoms with Crippen molar-refractivity contribution in [3.05, 3.63) is 65.0 Å². The van der Waals surface area contributed by atoms with Crippen molar-refractivity contribution in [1.82, 2.24) is 20.1 Å². The van der Waals surface area contributed by atoms with Crippen LogP contribution in [0.3, 0.4) is 0 Å². The fraction of sp³-hybridized carbons (Fsp3) is 0.543. The number of nitrogens with one attached hydrogen (secondary N) is 2. The van der Waals surface area contributed by atoms with Crippen LogP contribution in [0.15, 0.2) is 57.5 Å². The Bertz CT molecular complexity index is 1350. The number of rotatable bonds is 14. The van der Waals surface area contributed by atoms with Crippen LogP contribution in [0.4, 0.5) is 20.3 Å². The summed E-state index contributed by atoms with van der Waals surface area (Å²) < 4.78 is 30.3. The minimum Gasteiger partial charge on any atom is -0.351 e. The molecule has 1 spiro atoms. The first-order chi connectivity index (χ1) is 21.6. The van der Waals surface area contributed by atoms with Gasteiger partial charge in [0.15, 0.2) is 5.83 Å². The van der Waals surface area contributed by atoms with Gasteiger partial charge in [-0.3, -0.25) is 19.9 Å². The summed E-state index contributed by atoms with van der Waals surface area (Å²) in [6.07, 6.45) is 9.30. The highest BCUT2D eigenvalue weighted by molar-refractivity contribution is 6.11. The molecule has 2 fully saturated rings. The van der Waals surface area contributed by atoms with Crippen LogP contribution in [-0.4, -0.2) is 85.9 Å². The van der Waals surface area contributed by atoms with E-state index < -0.39 is 11.6 Å². The molecule has 0 radical (unpaired) electrons. The molecule has 45 heavy (non-hydrogen) atoms. The van der Waals surface area contributed by atoms with Gasteiger partial charge in [0, 0.05) is 23.8 Å². The second-order valence-electron chi connectivity index (χ2n) is 13.0. The molecular weight excluding hydrogens is 570 g/mol. The van der Waals surface area contributed by atoms with Gasteiger partial charge in [0.2, 0.25) is 0 Å². The van der Waals surface area contributed by atoms with Gasteiger partial charge < -0.3 is 15.5 Å². The Morgan fingerprint density at radius 3 is 2.36 bits per heavy atom. The predicted octanol–water partition coefficient (Wildman–Crippen LogP) is 6.55. The molecule has 2 aromatic rings. The molecule has 244 valence electrons. The number of nitrogens with zero attached hydrogens (tertiary/aromatic N) is 6. The number of aryl methyl sites for hydroxylation is 1. The molecule has 1 aromatic carbocycles. The van der Waals surface area contributed by atoms with Crippen molar-refractivity contribution in [3.63, 3.8) is 0 Å². The molecule has 3 heterocycles. The predicted molar refractivity (Wildman–Crippen MR) is 183 cm³/mol. The third-order valence-corrected chi connectivity index (χ3v) is 9.71. The fourth-order valence-electron chi connectivity index (χ4n) is 6.29. The van der Waals surface area contributed by atoms with Crippen LogP contribution < -0.4 is 10.6 Å². The zero-order chi connectivity index (χ0) is 32.5. The highest BCUT2D eigenvalue weighted by Gasteiger charge is 2.37. The van der Waals surface area contributed by atoms with Crippen LogP contribution in [-0.2, 0) is 13.0 Å². The van der Waals surface area contributed by atoms with Gasteiger partial charge in [-0.1, -0.05) is 13.0 Å². The van der Waals surface area contributed by atoms with Gasteiger partial charge in [-0.2, -0.15) is 0 Å². The lowest BCUT2D eigenvalue weighted by Gasteiger charge is -2.46. The standard InChI is InChI=1S/C35H50F2N8/c1-7-44-16-12-35(13-17-44)14-18-45(19-15-35)24-26-8-9-31(41-22-26)42-25-43-33(30(37)23-38-4)28-20-27(10-11-34(2,3)40-6)32(39-5)29(36)21-28/h8-9,20-23,40H,4-5,7,10-19,24-25H2,1-3,6H3,(H,41,42)/b30-23+,43-33?. The van der Waals surface area contributed by atoms with Crippen molar-refractivity contribution in [2.75, 3.05) is 51.8 Å². The van der Waals surface area contributed by atoms with Crippen molar-refractivity contribution in [2.24, 2.45) is 20.4 Å². The van der Waals surface area contributed by atoms with Crippen LogP contribution >= 0.6 is 0 Å². The van der Waals surface area contributed by atoms with Crippen molar-refractivity contribution in [1.29, 1.82) is 0 Å². The molecule has 0 aliphatic carbocycles. The molecule has 2 saturated heterocycles. The second kappa shape index (κ2) is 15.8. The number of piperidine rings is 2. The van der Waals surface area contributed by atoms with E-state index in [1.165, 1.54) is 44.8 Å². The van der Waals surface area contributed by atoms with E-state index in [4.69, 9.17) is 0 Å². The molecule has 0 atom stereocenters. The van der Waals surface area contributed by atoms with Gasteiger partial charge in [0.1, 0.15) is 29.7 Å². The SMILES string of the molecule is C=N/C=C(/F)C(=NCNc1ccc(CN2CCC3(CCN(CC)CC3)CC2)cn1)c1cc(F)c(N=C)c(CCC(C)(C)NC)c1. The molecule has 1 aromatic heterocycles. The molecule has 2 aliphatic rings. The van der Waals surface area contributed by atoms with E-state index in [1.807, 2.05) is 19.3 Å². The first-order valence-corrected chi connectivity index (χ1v) is 16.1. The van der Waals surface area contributed by atoms with E-state index >= 15 is 8.78 Å². The van der Waals surface area contributed by atoms with Crippen molar-refractivity contribution >= 4 is 30.7 Å². The number of hydrogen-bond donors (Lipinski definition) is 2. The molecule has 0 bridgehead atoms. The number of benzene rings is 1. The van der Waals surface area contributed by atoms with Crippen LogP contribution in [0.25, 0.3) is 0 Å². The lowest BCUT2D eigenvalue weighted by Crippen LogP contribution is -2.46. The third kappa shape index (κ3) is 9.34. The normalized spacial score (nSPS) is 18.3. The quantitative estimate of drug-likeness (QED) is 0.234. The van der Waals surface area contributed by atoms with E-state index in [9.17, 15) is 0 Å². The highest BCUT2D eigenvalue weighted by atomic mass is 19.1. The van der Waals surface area contributed by atoms with Crippen LogP contribution in [0.5, 0.6) is 0 Å². The summed E-state index contributed by atoms with van der Waals surface area (Å²) in [5.74, 6) is -0.668. The number of halogens is 2. The first-order valence-electron chi connectivity index (χ1n) is 16.1. The third-order valence-electron chi connectivity index (χ3n) is 9.71. The molecule has 0 saturated carbocycles. The Hall–Kier alpha value is -3.34. The molecule has 8 nitrogen and oxygen atoms in total. The van der Waals surface area contributed by atoms with Gasteiger partial charge in [-0.25, -0.2) is 13.8 Å². The summed E-state index contributed by atoms with van der Waals surface area (Å²) in [6, 6.07) is 6.94. The topological polar surface area (TPSA) is 80.5 Å². The molecule has 10 heteroatoms. The average molecular weight is 621 g/mol. The maximum atomic E-state index is 15.2. The summed E-state index contributed by atoms with van der Waals surface area (Å²) >= 11 is 0. The molecule has 4 rings (SSSR count). The summed E-state index contributed by atoms with van der Waals surface area (Å²) in [4.78, 5) is 21.6. The van der Waals surface area contributed by atoms with E-state index in [-0.39, 0.29) is 23.6 Å². The first kappa shape index (κ1) is 34.5. The fourth-order valence-corrected chi connectivity index (χ4v) is 6.29. The zero-order valence-corrected chi connectivity index (χ0v) is 27.5. The second-order valence-corrected chi connectivity index (χ2v) is 13.0. The number of hydrogen-bond acceptors (Lipinski definition) is 8. The summed E-state index contributed by atoms with van der Waals surface area (Å²) in [5.41, 5.74) is 2.58. The van der Waals surface area contributed by atoms with E-state index in [0.717, 1.165) is 37.9 Å². The number of pyridine rings is 1. The highest BCUT2D eigenvalue weighted by Crippen LogP contribution is 2.41. The van der Waals surface area contributed by atoms with Gasteiger partial charge in [0.05, 0.1) is 6.20 Å². The van der Waals surface area contributed by atoms with Gasteiger partial charge in [-0.15, -0.1) is 0 Å². The Morgan fingerprint density at radius 2 is 1.78 bits per heavy atom. The van der Waals surface area contributed by atoms with E-state index in [1.54, 1.807) is 6.07 Å². The maximum Gasteiger partial charge on any atom is 0.167 e. The van der Waals surface area contributed by atoms with Crippen LogP contribution in [0.1, 0.15) is 69.6 Å². The molecule has 2 aliphatic heterocycles. The van der Waals surface area contributed by atoms with Gasteiger partial charge in [0.25, 0.3) is 0 Å². The Morgan fingerprint density at radius 1 is 1.09 bits per heavy atom. The Labute approximate surface area is 267 Å². The summed E-state index contributed by atoms with van der Waals surface area (Å²) in [7, 11) is 1.88. The lowest BCUT2D eigenvalue weighted by molar-refractivity contribution is 0.0340. The number of aromatic nitrogens is 1. The number of likely N-dealkylation sites (tertiary alicyclic amines) is 2. The van der Waals surface area contributed by atoms with Crippen LogP contribution in [0.2, 0.25) is 0 Å². The largest absolute Gasteiger partial charge is 0.351 e. The van der Waals surface area contributed by atoms with Crippen molar-refractivity contribution in [3.8, 4) is 0 Å². The van der Waals surface area contributed by atoms with Crippen molar-refractivity contribution in [2.45, 2.75) is 71.4 Å².